The van der Waals surface area contributed by atoms with Crippen LogP contribution in [0.15, 0.2) is 29.1 Å². The number of hydrogen-bond donors (Lipinski definition) is 0. The van der Waals surface area contributed by atoms with Crippen molar-refractivity contribution in [3.05, 3.63) is 40.5 Å². The molecular weight excluding hydrogens is 250 g/mol. The van der Waals surface area contributed by atoms with Crippen LogP contribution in [0.2, 0.25) is 0 Å². The number of methoxy groups -OCH3 is 1. The molecule has 0 N–H and O–H groups in total. The Morgan fingerprint density at radius 2 is 2.33 bits per heavy atom. The Kier molecular flexibility index (Phi) is 3.88. The molecule has 6 heteroatoms. The van der Waals surface area contributed by atoms with E-state index in [1.165, 1.54) is 11.3 Å². The molecule has 0 saturated carbocycles. The summed E-state index contributed by atoms with van der Waals surface area (Å²) in [6.07, 6.45) is 0. The zero-order valence-electron chi connectivity index (χ0n) is 10.2. The van der Waals surface area contributed by atoms with Gasteiger partial charge < -0.3 is 9.64 Å². The van der Waals surface area contributed by atoms with Crippen molar-refractivity contribution >= 4 is 17.2 Å². The first kappa shape index (κ1) is 12.5. The van der Waals surface area contributed by atoms with Crippen LogP contribution in [0.25, 0.3) is 0 Å². The van der Waals surface area contributed by atoms with Crippen molar-refractivity contribution in [2.24, 2.45) is 0 Å². The highest BCUT2D eigenvalue weighted by Crippen LogP contribution is 2.10. The smallest absolute Gasteiger partial charge is 0.273 e. The number of pyridine rings is 1. The topological polar surface area (TPSA) is 55.3 Å². The fourth-order valence-corrected chi connectivity index (χ4v) is 2.01. The number of carbonyl (C=O) groups is 1. The monoisotopic (exact) mass is 263 g/mol. The highest BCUT2D eigenvalue weighted by Gasteiger charge is 2.14. The van der Waals surface area contributed by atoms with Crippen molar-refractivity contribution in [3.8, 4) is 5.88 Å². The fourth-order valence-electron chi connectivity index (χ4n) is 1.49. The van der Waals surface area contributed by atoms with Crippen LogP contribution in [-0.2, 0) is 6.54 Å². The van der Waals surface area contributed by atoms with Gasteiger partial charge in [0.25, 0.3) is 5.91 Å². The molecule has 18 heavy (non-hydrogen) atoms. The Labute approximate surface area is 109 Å². The summed E-state index contributed by atoms with van der Waals surface area (Å²) in [5, 5.41) is 1.73. The molecule has 5 nitrogen and oxygen atoms in total. The van der Waals surface area contributed by atoms with Gasteiger partial charge in [-0.15, -0.1) is 11.3 Å². The van der Waals surface area contributed by atoms with Crippen LogP contribution < -0.4 is 4.74 Å². The van der Waals surface area contributed by atoms with Crippen LogP contribution in [0.4, 0.5) is 0 Å². The van der Waals surface area contributed by atoms with E-state index in [0.717, 1.165) is 5.69 Å². The molecular formula is C12H13N3O2S. The molecule has 2 heterocycles. The highest BCUT2D eigenvalue weighted by atomic mass is 32.1. The largest absolute Gasteiger partial charge is 0.481 e. The molecule has 0 fully saturated rings. The Bertz CT molecular complexity index is 528. The van der Waals surface area contributed by atoms with Gasteiger partial charge >= 0.3 is 0 Å². The van der Waals surface area contributed by atoms with E-state index in [9.17, 15) is 4.79 Å². The minimum absolute atomic E-state index is 0.110. The predicted molar refractivity (Wildman–Crippen MR) is 68.7 cm³/mol. The van der Waals surface area contributed by atoms with Crippen molar-refractivity contribution in [2.75, 3.05) is 14.2 Å². The zero-order chi connectivity index (χ0) is 13.0. The molecule has 0 aromatic carbocycles. The third kappa shape index (κ3) is 2.84. The third-order valence-electron chi connectivity index (χ3n) is 2.39. The quantitative estimate of drug-likeness (QED) is 0.844. The molecule has 0 aliphatic carbocycles. The van der Waals surface area contributed by atoms with Gasteiger partial charge in [-0.2, -0.15) is 0 Å². The summed E-state index contributed by atoms with van der Waals surface area (Å²) in [7, 11) is 3.29. The normalized spacial score (nSPS) is 10.1. The first-order valence-electron chi connectivity index (χ1n) is 5.34. The molecule has 94 valence electrons. The minimum Gasteiger partial charge on any atom is -0.481 e. The molecule has 0 aliphatic rings. The number of hydrogen-bond acceptors (Lipinski definition) is 5. The molecule has 0 saturated heterocycles. The molecule has 1 amide bonds. The maximum absolute atomic E-state index is 12.0. The molecule has 2 rings (SSSR count). The van der Waals surface area contributed by atoms with Crippen molar-refractivity contribution < 1.29 is 9.53 Å². The standard InChI is InChI=1S/C12H13N3O2S/c1-15(12(16)10-7-18-8-13-10)6-9-4-3-5-11(14-9)17-2/h3-5,7-8H,6H2,1-2H3. The van der Waals surface area contributed by atoms with Crippen LogP contribution in [-0.4, -0.2) is 34.9 Å². The number of thiazole rings is 1. The third-order valence-corrected chi connectivity index (χ3v) is 2.97. The molecule has 0 aliphatic heterocycles. The Balaban J connectivity index is 2.06. The van der Waals surface area contributed by atoms with E-state index in [4.69, 9.17) is 4.74 Å². The number of rotatable bonds is 4. The van der Waals surface area contributed by atoms with Gasteiger partial charge in [-0.05, 0) is 6.07 Å². The van der Waals surface area contributed by atoms with Gasteiger partial charge in [-0.3, -0.25) is 4.79 Å². The first-order chi connectivity index (χ1) is 8.70. The highest BCUT2D eigenvalue weighted by molar-refractivity contribution is 7.07. The van der Waals surface area contributed by atoms with E-state index in [1.807, 2.05) is 12.1 Å². The lowest BCUT2D eigenvalue weighted by Crippen LogP contribution is -2.26. The van der Waals surface area contributed by atoms with Gasteiger partial charge in [0.1, 0.15) is 5.69 Å². The molecule has 0 unspecified atom stereocenters. The van der Waals surface area contributed by atoms with Gasteiger partial charge in [0.05, 0.1) is 24.9 Å². The van der Waals surface area contributed by atoms with Crippen molar-refractivity contribution in [1.82, 2.24) is 14.9 Å². The average Bonchev–Trinajstić information content (AvgIpc) is 2.92. The van der Waals surface area contributed by atoms with Crippen LogP contribution in [0.1, 0.15) is 16.2 Å². The SMILES string of the molecule is COc1cccc(CN(C)C(=O)c2cscn2)n1. The molecule has 0 bridgehead atoms. The number of amides is 1. The average molecular weight is 263 g/mol. The Morgan fingerprint density at radius 1 is 1.50 bits per heavy atom. The van der Waals surface area contributed by atoms with Crippen molar-refractivity contribution in [2.45, 2.75) is 6.54 Å². The summed E-state index contributed by atoms with van der Waals surface area (Å²) in [6.45, 7) is 0.424. The lowest BCUT2D eigenvalue weighted by atomic mass is 10.3. The Morgan fingerprint density at radius 3 is 3.00 bits per heavy atom. The van der Waals surface area contributed by atoms with Gasteiger partial charge in [0, 0.05) is 18.5 Å². The maximum atomic E-state index is 12.0. The zero-order valence-corrected chi connectivity index (χ0v) is 11.0. The first-order valence-corrected chi connectivity index (χ1v) is 6.28. The molecule has 0 radical (unpaired) electrons. The summed E-state index contributed by atoms with van der Waals surface area (Å²) in [5.41, 5.74) is 2.89. The maximum Gasteiger partial charge on any atom is 0.273 e. The van der Waals surface area contributed by atoms with E-state index in [1.54, 1.807) is 36.0 Å². The van der Waals surface area contributed by atoms with E-state index in [0.29, 0.717) is 18.1 Å². The van der Waals surface area contributed by atoms with Gasteiger partial charge in [0.2, 0.25) is 5.88 Å². The fraction of sp³-hybridized carbons (Fsp3) is 0.250. The van der Waals surface area contributed by atoms with Gasteiger partial charge in [-0.1, -0.05) is 6.07 Å². The molecule has 0 atom stereocenters. The van der Waals surface area contributed by atoms with Crippen molar-refractivity contribution in [1.29, 1.82) is 0 Å². The lowest BCUT2D eigenvalue weighted by Gasteiger charge is -2.15. The van der Waals surface area contributed by atoms with Gasteiger partial charge in [-0.25, -0.2) is 9.97 Å². The number of ether oxygens (including phenoxy) is 1. The number of aromatic nitrogens is 2. The Hall–Kier alpha value is -1.95. The van der Waals surface area contributed by atoms with E-state index in [2.05, 4.69) is 9.97 Å². The molecule has 0 spiro atoms. The number of nitrogens with zero attached hydrogens (tertiary/aromatic N) is 3. The minimum atomic E-state index is -0.110. The van der Waals surface area contributed by atoms with E-state index >= 15 is 0 Å². The number of carbonyl (C=O) groups excluding carboxylic acids is 1. The van der Waals surface area contributed by atoms with E-state index in [-0.39, 0.29) is 5.91 Å². The summed E-state index contributed by atoms with van der Waals surface area (Å²) < 4.78 is 5.04. The second-order valence-electron chi connectivity index (χ2n) is 3.71. The summed E-state index contributed by atoms with van der Waals surface area (Å²) in [6, 6.07) is 5.47. The summed E-state index contributed by atoms with van der Waals surface area (Å²) in [5.74, 6) is 0.433. The summed E-state index contributed by atoms with van der Waals surface area (Å²) in [4.78, 5) is 21.8. The van der Waals surface area contributed by atoms with Crippen LogP contribution in [0.5, 0.6) is 5.88 Å². The van der Waals surface area contributed by atoms with E-state index < -0.39 is 0 Å². The van der Waals surface area contributed by atoms with Crippen molar-refractivity contribution in [3.63, 3.8) is 0 Å². The van der Waals surface area contributed by atoms with Gasteiger partial charge in [0.15, 0.2) is 0 Å². The second-order valence-corrected chi connectivity index (χ2v) is 4.42. The van der Waals surface area contributed by atoms with Crippen LogP contribution in [0.3, 0.4) is 0 Å². The van der Waals surface area contributed by atoms with Crippen LogP contribution >= 0.6 is 11.3 Å². The molecule has 2 aromatic rings. The summed E-state index contributed by atoms with van der Waals surface area (Å²) >= 11 is 1.40. The molecule has 2 aromatic heterocycles. The second kappa shape index (κ2) is 5.59. The predicted octanol–water partition coefficient (Wildman–Crippen LogP) is 1.82. The van der Waals surface area contributed by atoms with Crippen LogP contribution in [0, 0.1) is 0 Å². The lowest BCUT2D eigenvalue weighted by molar-refractivity contribution is 0.0778.